The molecule has 0 aliphatic heterocycles. The molecule has 0 aliphatic rings. The lowest BCUT2D eigenvalue weighted by atomic mass is 10.2. The highest BCUT2D eigenvalue weighted by Crippen LogP contribution is 2.24. The maximum Gasteiger partial charge on any atom is 0.137 e. The maximum atomic E-state index is 5.98. The molecule has 0 fully saturated rings. The Morgan fingerprint density at radius 1 is 0.842 bits per heavy atom. The molecule has 0 saturated carbocycles. The van der Waals surface area contributed by atoms with Crippen molar-refractivity contribution in [3.05, 3.63) is 64.8 Å². The van der Waals surface area contributed by atoms with Crippen molar-refractivity contribution in [1.82, 2.24) is 9.97 Å². The molecule has 3 aromatic rings. The van der Waals surface area contributed by atoms with Crippen molar-refractivity contribution in [1.29, 1.82) is 0 Å². The minimum atomic E-state index is 0.696. The van der Waals surface area contributed by atoms with Gasteiger partial charge < -0.3 is 4.98 Å². The maximum absolute atomic E-state index is 5.98. The van der Waals surface area contributed by atoms with E-state index in [2.05, 4.69) is 9.97 Å². The molecule has 1 N–H and O–H groups in total. The number of nitrogens with zero attached hydrogens (tertiary/aromatic N) is 1. The van der Waals surface area contributed by atoms with Gasteiger partial charge in [0.2, 0.25) is 0 Å². The van der Waals surface area contributed by atoms with Crippen LogP contribution in [-0.2, 0) is 0 Å². The molecule has 1 aromatic heterocycles. The van der Waals surface area contributed by atoms with Crippen molar-refractivity contribution >= 4 is 23.2 Å². The monoisotopic (exact) mass is 288 g/mol. The number of hydrogen-bond donors (Lipinski definition) is 1. The van der Waals surface area contributed by atoms with E-state index in [-0.39, 0.29) is 0 Å². The molecule has 0 unspecified atom stereocenters. The van der Waals surface area contributed by atoms with Crippen LogP contribution in [0.3, 0.4) is 0 Å². The topological polar surface area (TPSA) is 28.7 Å². The summed E-state index contributed by atoms with van der Waals surface area (Å²) in [5, 5.41) is 1.42. The Balaban J connectivity index is 1.97. The van der Waals surface area contributed by atoms with Gasteiger partial charge >= 0.3 is 0 Å². The van der Waals surface area contributed by atoms with Crippen LogP contribution in [0.25, 0.3) is 22.6 Å². The highest BCUT2D eigenvalue weighted by molar-refractivity contribution is 6.31. The van der Waals surface area contributed by atoms with Crippen LogP contribution in [-0.4, -0.2) is 9.97 Å². The molecule has 4 heteroatoms. The molecule has 0 spiro atoms. The van der Waals surface area contributed by atoms with Crippen LogP contribution in [0.2, 0.25) is 10.0 Å². The highest BCUT2D eigenvalue weighted by Gasteiger charge is 2.05. The van der Waals surface area contributed by atoms with Crippen LogP contribution >= 0.6 is 23.2 Å². The summed E-state index contributed by atoms with van der Waals surface area (Å²) in [5.41, 5.74) is 2.96. The number of benzene rings is 2. The molecular formula is C15H10Cl2N2. The Labute approximate surface area is 121 Å². The van der Waals surface area contributed by atoms with E-state index in [0.29, 0.717) is 5.02 Å². The van der Waals surface area contributed by atoms with Gasteiger partial charge in [-0.15, -0.1) is 0 Å². The summed E-state index contributed by atoms with van der Waals surface area (Å²) in [5.74, 6) is 0.799. The smallest absolute Gasteiger partial charge is 0.137 e. The number of imidazole rings is 1. The number of hydrogen-bond acceptors (Lipinski definition) is 1. The Kier molecular flexibility index (Phi) is 3.28. The normalized spacial score (nSPS) is 10.6. The SMILES string of the molecule is Clc1ccc(-c2cnc(-c3cccc(Cl)c3)[nH]2)cc1. The summed E-state index contributed by atoms with van der Waals surface area (Å²) >= 11 is 11.9. The Morgan fingerprint density at radius 2 is 1.63 bits per heavy atom. The minimum Gasteiger partial charge on any atom is -0.338 e. The summed E-state index contributed by atoms with van der Waals surface area (Å²) in [6.45, 7) is 0. The molecule has 0 amide bonds. The van der Waals surface area contributed by atoms with E-state index in [0.717, 1.165) is 27.7 Å². The van der Waals surface area contributed by atoms with Crippen molar-refractivity contribution < 1.29 is 0 Å². The van der Waals surface area contributed by atoms with E-state index < -0.39 is 0 Å². The van der Waals surface area contributed by atoms with E-state index in [1.54, 1.807) is 6.20 Å². The van der Waals surface area contributed by atoms with Crippen LogP contribution in [0, 0.1) is 0 Å². The molecule has 0 bridgehead atoms. The summed E-state index contributed by atoms with van der Waals surface area (Å²) in [6.07, 6.45) is 1.81. The number of halogens is 2. The number of aromatic amines is 1. The fourth-order valence-corrected chi connectivity index (χ4v) is 2.20. The molecule has 94 valence electrons. The predicted octanol–water partition coefficient (Wildman–Crippen LogP) is 5.05. The van der Waals surface area contributed by atoms with E-state index in [4.69, 9.17) is 23.2 Å². The van der Waals surface area contributed by atoms with Crippen LogP contribution in [0.4, 0.5) is 0 Å². The second-order valence-electron chi connectivity index (χ2n) is 4.16. The number of nitrogens with one attached hydrogen (secondary N) is 1. The average Bonchev–Trinajstić information content (AvgIpc) is 2.89. The first-order valence-corrected chi connectivity index (χ1v) is 6.55. The molecule has 19 heavy (non-hydrogen) atoms. The zero-order valence-corrected chi connectivity index (χ0v) is 11.4. The van der Waals surface area contributed by atoms with Crippen LogP contribution in [0.15, 0.2) is 54.7 Å². The van der Waals surface area contributed by atoms with E-state index >= 15 is 0 Å². The summed E-state index contributed by atoms with van der Waals surface area (Å²) in [7, 11) is 0. The lowest BCUT2D eigenvalue weighted by Crippen LogP contribution is -1.81. The predicted molar refractivity (Wildman–Crippen MR) is 79.5 cm³/mol. The lowest BCUT2D eigenvalue weighted by Gasteiger charge is -1.99. The molecule has 0 radical (unpaired) electrons. The fourth-order valence-electron chi connectivity index (χ4n) is 1.88. The molecule has 0 aliphatic carbocycles. The molecule has 0 saturated heterocycles. The number of H-pyrrole nitrogens is 1. The average molecular weight is 289 g/mol. The van der Waals surface area contributed by atoms with Gasteiger partial charge in [-0.3, -0.25) is 0 Å². The second-order valence-corrected chi connectivity index (χ2v) is 5.04. The van der Waals surface area contributed by atoms with E-state index in [9.17, 15) is 0 Å². The van der Waals surface area contributed by atoms with E-state index in [1.807, 2.05) is 48.5 Å². The third-order valence-electron chi connectivity index (χ3n) is 2.83. The van der Waals surface area contributed by atoms with Crippen molar-refractivity contribution in [2.24, 2.45) is 0 Å². The molecule has 2 aromatic carbocycles. The van der Waals surface area contributed by atoms with Gasteiger partial charge in [-0.05, 0) is 29.8 Å². The number of aromatic nitrogens is 2. The van der Waals surface area contributed by atoms with Gasteiger partial charge in [0.15, 0.2) is 0 Å². The van der Waals surface area contributed by atoms with Crippen molar-refractivity contribution in [3.8, 4) is 22.6 Å². The minimum absolute atomic E-state index is 0.696. The first-order chi connectivity index (χ1) is 9.22. The van der Waals surface area contributed by atoms with Gasteiger partial charge in [0, 0.05) is 15.6 Å². The molecule has 3 rings (SSSR count). The third-order valence-corrected chi connectivity index (χ3v) is 3.32. The summed E-state index contributed by atoms with van der Waals surface area (Å²) in [6, 6.07) is 15.2. The molecule has 1 heterocycles. The van der Waals surface area contributed by atoms with Crippen LogP contribution in [0.1, 0.15) is 0 Å². The first-order valence-electron chi connectivity index (χ1n) is 5.79. The van der Waals surface area contributed by atoms with Gasteiger partial charge in [-0.1, -0.05) is 47.5 Å². The quantitative estimate of drug-likeness (QED) is 0.702. The fraction of sp³-hybridized carbons (Fsp3) is 0. The largest absolute Gasteiger partial charge is 0.338 e. The highest BCUT2D eigenvalue weighted by atomic mass is 35.5. The molecule has 2 nitrogen and oxygen atoms in total. The standard InChI is InChI=1S/C15H10Cl2N2/c16-12-6-4-10(5-7-12)14-9-18-15(19-14)11-2-1-3-13(17)8-11/h1-9H,(H,18,19). The number of rotatable bonds is 2. The van der Waals surface area contributed by atoms with Gasteiger partial charge in [-0.2, -0.15) is 0 Å². The summed E-state index contributed by atoms with van der Waals surface area (Å²) in [4.78, 5) is 7.66. The zero-order valence-electron chi connectivity index (χ0n) is 9.90. The van der Waals surface area contributed by atoms with Gasteiger partial charge in [0.1, 0.15) is 5.82 Å². The summed E-state index contributed by atoms with van der Waals surface area (Å²) < 4.78 is 0. The lowest BCUT2D eigenvalue weighted by molar-refractivity contribution is 1.31. The van der Waals surface area contributed by atoms with Gasteiger partial charge in [0.05, 0.1) is 11.9 Å². The van der Waals surface area contributed by atoms with Gasteiger partial charge in [-0.25, -0.2) is 4.98 Å². The Hall–Kier alpha value is -1.77. The third kappa shape index (κ3) is 2.65. The van der Waals surface area contributed by atoms with Crippen molar-refractivity contribution in [2.45, 2.75) is 0 Å². The molecular weight excluding hydrogens is 279 g/mol. The Morgan fingerprint density at radius 3 is 2.37 bits per heavy atom. The van der Waals surface area contributed by atoms with Crippen molar-refractivity contribution in [2.75, 3.05) is 0 Å². The molecule has 0 atom stereocenters. The van der Waals surface area contributed by atoms with Crippen molar-refractivity contribution in [3.63, 3.8) is 0 Å². The van der Waals surface area contributed by atoms with E-state index in [1.165, 1.54) is 0 Å². The van der Waals surface area contributed by atoms with Gasteiger partial charge in [0.25, 0.3) is 0 Å². The Bertz CT molecular complexity index is 702. The zero-order chi connectivity index (χ0) is 13.2. The first kappa shape index (κ1) is 12.3. The van der Waals surface area contributed by atoms with Crippen LogP contribution < -0.4 is 0 Å². The van der Waals surface area contributed by atoms with Crippen LogP contribution in [0.5, 0.6) is 0 Å². The second kappa shape index (κ2) is 5.08.